The van der Waals surface area contributed by atoms with Gasteiger partial charge >= 0.3 is 0 Å². The van der Waals surface area contributed by atoms with Crippen LogP contribution in [0.5, 0.6) is 5.75 Å². The number of amides is 2. The molecule has 2 amide bonds. The maximum atomic E-state index is 11.4. The monoisotopic (exact) mass is 248 g/mol. The first-order valence-electron chi connectivity index (χ1n) is 5.42. The first-order chi connectivity index (χ1) is 8.52. The van der Waals surface area contributed by atoms with Crippen LogP contribution in [0, 0.1) is 6.92 Å². The van der Waals surface area contributed by atoms with Gasteiger partial charge in [0.15, 0.2) is 0 Å². The van der Waals surface area contributed by atoms with Crippen molar-refractivity contribution in [3.05, 3.63) is 35.4 Å². The number of rotatable bonds is 5. The van der Waals surface area contributed by atoms with E-state index in [0.29, 0.717) is 5.75 Å². The molecule has 0 aliphatic carbocycles. The van der Waals surface area contributed by atoms with Gasteiger partial charge in [0.25, 0.3) is 0 Å². The minimum atomic E-state index is -0.579. The summed E-state index contributed by atoms with van der Waals surface area (Å²) in [7, 11) is 1.56. The molecule has 3 N–H and O–H groups in total. The second-order valence-electron chi connectivity index (χ2n) is 3.76. The number of benzene rings is 1. The average Bonchev–Trinajstić information content (AvgIpc) is 2.34. The number of carbonyl (C=O) groups is 2. The van der Waals surface area contributed by atoms with Crippen LogP contribution in [0.2, 0.25) is 0 Å². The smallest absolute Gasteiger partial charge is 0.244 e. The topological polar surface area (TPSA) is 81.4 Å². The van der Waals surface area contributed by atoms with Crippen LogP contribution in [0.4, 0.5) is 0 Å². The first-order valence-corrected chi connectivity index (χ1v) is 5.42. The Morgan fingerprint density at radius 2 is 2.17 bits per heavy atom. The fraction of sp³-hybridized carbons (Fsp3) is 0.231. The molecule has 5 nitrogen and oxygen atoms in total. The summed E-state index contributed by atoms with van der Waals surface area (Å²) < 4.78 is 5.17. The third-order valence-electron chi connectivity index (χ3n) is 2.24. The molecule has 96 valence electrons. The summed E-state index contributed by atoms with van der Waals surface area (Å²) in [5, 5.41) is 2.36. The van der Waals surface area contributed by atoms with E-state index in [1.807, 2.05) is 25.1 Å². The fourth-order valence-electron chi connectivity index (χ4n) is 1.38. The van der Waals surface area contributed by atoms with Gasteiger partial charge in [-0.25, -0.2) is 0 Å². The van der Waals surface area contributed by atoms with E-state index in [-0.39, 0.29) is 12.5 Å². The molecule has 0 heterocycles. The Morgan fingerprint density at radius 3 is 2.78 bits per heavy atom. The van der Waals surface area contributed by atoms with Crippen molar-refractivity contribution in [1.82, 2.24) is 5.32 Å². The van der Waals surface area contributed by atoms with E-state index in [1.54, 1.807) is 13.2 Å². The predicted molar refractivity (Wildman–Crippen MR) is 69.0 cm³/mol. The molecule has 0 bridgehead atoms. The number of nitrogens with one attached hydrogen (secondary N) is 1. The number of ether oxygens (including phenoxy) is 1. The molecule has 1 rings (SSSR count). The van der Waals surface area contributed by atoms with Crippen LogP contribution < -0.4 is 15.8 Å². The van der Waals surface area contributed by atoms with Crippen LogP contribution in [0.3, 0.4) is 0 Å². The molecule has 0 saturated heterocycles. The van der Waals surface area contributed by atoms with Gasteiger partial charge in [-0.3, -0.25) is 9.59 Å². The van der Waals surface area contributed by atoms with Crippen molar-refractivity contribution in [2.75, 3.05) is 13.7 Å². The maximum Gasteiger partial charge on any atom is 0.244 e. The van der Waals surface area contributed by atoms with E-state index in [9.17, 15) is 9.59 Å². The van der Waals surface area contributed by atoms with Gasteiger partial charge in [0.1, 0.15) is 5.75 Å². The molecule has 0 atom stereocenters. The van der Waals surface area contributed by atoms with E-state index >= 15 is 0 Å². The number of primary amides is 1. The van der Waals surface area contributed by atoms with Crippen molar-refractivity contribution in [3.8, 4) is 5.75 Å². The minimum Gasteiger partial charge on any atom is -0.496 e. The Balaban J connectivity index is 2.74. The molecule has 5 heteroatoms. The highest BCUT2D eigenvalue weighted by Gasteiger charge is 2.01. The van der Waals surface area contributed by atoms with Crippen molar-refractivity contribution in [3.63, 3.8) is 0 Å². The van der Waals surface area contributed by atoms with E-state index < -0.39 is 5.91 Å². The highest BCUT2D eigenvalue weighted by Crippen LogP contribution is 2.20. The van der Waals surface area contributed by atoms with Crippen LogP contribution in [0.1, 0.15) is 11.1 Å². The molecule has 18 heavy (non-hydrogen) atoms. The SMILES string of the molecule is COc1ccc(C)cc1C=CC(=O)NCC(N)=O. The summed E-state index contributed by atoms with van der Waals surface area (Å²) in [5.41, 5.74) is 6.78. The van der Waals surface area contributed by atoms with Gasteiger partial charge in [-0.1, -0.05) is 11.6 Å². The highest BCUT2D eigenvalue weighted by molar-refractivity contribution is 5.94. The third-order valence-corrected chi connectivity index (χ3v) is 2.24. The second kappa shape index (κ2) is 6.44. The summed E-state index contributed by atoms with van der Waals surface area (Å²) in [6.07, 6.45) is 2.96. The first kappa shape index (κ1) is 13.8. The minimum absolute atomic E-state index is 0.172. The standard InChI is InChI=1S/C13H16N2O3/c1-9-3-5-11(18-2)10(7-9)4-6-13(17)15-8-12(14)16/h3-7H,8H2,1-2H3,(H2,14,16)(H,15,17). The lowest BCUT2D eigenvalue weighted by Crippen LogP contribution is -2.32. The van der Waals surface area contributed by atoms with Gasteiger partial charge < -0.3 is 15.8 Å². The van der Waals surface area contributed by atoms with Crippen molar-refractivity contribution < 1.29 is 14.3 Å². The largest absolute Gasteiger partial charge is 0.496 e. The molecule has 0 unspecified atom stereocenters. The third kappa shape index (κ3) is 4.29. The van der Waals surface area contributed by atoms with Crippen LogP contribution >= 0.6 is 0 Å². The molecule has 0 radical (unpaired) electrons. The molecule has 1 aromatic rings. The van der Waals surface area contributed by atoms with E-state index in [1.165, 1.54) is 6.08 Å². The van der Waals surface area contributed by atoms with E-state index in [0.717, 1.165) is 11.1 Å². The summed E-state index contributed by atoms with van der Waals surface area (Å²) in [4.78, 5) is 21.8. The Labute approximate surface area is 106 Å². The summed E-state index contributed by atoms with van der Waals surface area (Å²) >= 11 is 0. The van der Waals surface area contributed by atoms with Gasteiger partial charge in [0.05, 0.1) is 13.7 Å². The molecule has 0 saturated carbocycles. The molecule has 0 aliphatic rings. The van der Waals surface area contributed by atoms with Gasteiger partial charge in [-0.15, -0.1) is 0 Å². The number of hydrogen-bond donors (Lipinski definition) is 2. The Morgan fingerprint density at radius 1 is 1.44 bits per heavy atom. The van der Waals surface area contributed by atoms with Crippen LogP contribution in [-0.2, 0) is 9.59 Å². The van der Waals surface area contributed by atoms with Crippen molar-refractivity contribution in [1.29, 1.82) is 0 Å². The van der Waals surface area contributed by atoms with Crippen LogP contribution in [-0.4, -0.2) is 25.5 Å². The Bertz CT molecular complexity index is 481. The van der Waals surface area contributed by atoms with Crippen LogP contribution in [0.25, 0.3) is 6.08 Å². The zero-order chi connectivity index (χ0) is 13.5. The summed E-state index contributed by atoms with van der Waals surface area (Å²) in [6.45, 7) is 1.78. The molecule has 0 aromatic heterocycles. The van der Waals surface area contributed by atoms with Gasteiger partial charge in [-0.2, -0.15) is 0 Å². The fourth-order valence-corrected chi connectivity index (χ4v) is 1.38. The van der Waals surface area contributed by atoms with Crippen molar-refractivity contribution in [2.24, 2.45) is 5.73 Å². The van der Waals surface area contributed by atoms with Crippen molar-refractivity contribution >= 4 is 17.9 Å². The molecule has 0 spiro atoms. The summed E-state index contributed by atoms with van der Waals surface area (Å²) in [5.74, 6) is -0.276. The molecule has 1 aromatic carbocycles. The molecule has 0 fully saturated rings. The second-order valence-corrected chi connectivity index (χ2v) is 3.76. The normalized spacial score (nSPS) is 10.3. The number of hydrogen-bond acceptors (Lipinski definition) is 3. The summed E-state index contributed by atoms with van der Waals surface area (Å²) in [6, 6.07) is 5.65. The molecule has 0 aliphatic heterocycles. The van der Waals surface area contributed by atoms with Gasteiger partial charge in [0.2, 0.25) is 11.8 Å². The number of carbonyl (C=O) groups excluding carboxylic acids is 2. The lowest BCUT2D eigenvalue weighted by Gasteiger charge is -2.05. The van der Waals surface area contributed by atoms with Gasteiger partial charge in [-0.05, 0) is 25.1 Å². The lowest BCUT2D eigenvalue weighted by molar-refractivity contribution is -0.122. The number of nitrogens with two attached hydrogens (primary N) is 1. The number of methoxy groups -OCH3 is 1. The van der Waals surface area contributed by atoms with E-state index in [4.69, 9.17) is 10.5 Å². The van der Waals surface area contributed by atoms with Gasteiger partial charge in [0, 0.05) is 11.6 Å². The number of aryl methyl sites for hydroxylation is 1. The average molecular weight is 248 g/mol. The molecular formula is C13H16N2O3. The van der Waals surface area contributed by atoms with Crippen LogP contribution in [0.15, 0.2) is 24.3 Å². The predicted octanol–water partition coefficient (Wildman–Crippen LogP) is 0.618. The van der Waals surface area contributed by atoms with Crippen molar-refractivity contribution in [2.45, 2.75) is 6.92 Å². The maximum absolute atomic E-state index is 11.4. The highest BCUT2D eigenvalue weighted by atomic mass is 16.5. The quantitative estimate of drug-likeness (QED) is 0.749. The van der Waals surface area contributed by atoms with E-state index in [2.05, 4.69) is 5.32 Å². The Kier molecular flexibility index (Phi) is 4.92. The molecular weight excluding hydrogens is 232 g/mol. The Hall–Kier alpha value is -2.30. The zero-order valence-electron chi connectivity index (χ0n) is 10.4. The lowest BCUT2D eigenvalue weighted by atomic mass is 10.1. The zero-order valence-corrected chi connectivity index (χ0v) is 10.4.